The van der Waals surface area contributed by atoms with Crippen LogP contribution in [0.4, 0.5) is 5.13 Å². The minimum absolute atomic E-state index is 0.330. The lowest BCUT2D eigenvalue weighted by atomic mass is 10.1. The molecule has 0 atom stereocenters. The Morgan fingerprint density at radius 3 is 2.80 bits per heavy atom. The van der Waals surface area contributed by atoms with E-state index in [1.54, 1.807) is 12.3 Å². The first kappa shape index (κ1) is 22.0. The summed E-state index contributed by atoms with van der Waals surface area (Å²) in [7, 11) is 0. The van der Waals surface area contributed by atoms with Crippen LogP contribution >= 0.6 is 22.9 Å². The van der Waals surface area contributed by atoms with E-state index in [1.807, 2.05) is 47.8 Å². The summed E-state index contributed by atoms with van der Waals surface area (Å²) in [5, 5.41) is 7.45. The smallest absolute Gasteiger partial charge is 0.338 e. The van der Waals surface area contributed by atoms with Crippen molar-refractivity contribution in [2.45, 2.75) is 32.6 Å². The molecule has 30 heavy (non-hydrogen) atoms. The molecule has 0 unspecified atom stereocenters. The van der Waals surface area contributed by atoms with Gasteiger partial charge in [-0.15, -0.1) is 11.3 Å². The molecule has 1 aromatic heterocycles. The summed E-state index contributed by atoms with van der Waals surface area (Å²) in [4.78, 5) is 16.9. The molecule has 1 N–H and O–H groups in total. The highest BCUT2D eigenvalue weighted by atomic mass is 35.5. The lowest BCUT2D eigenvalue weighted by Crippen LogP contribution is -2.09. The summed E-state index contributed by atoms with van der Waals surface area (Å²) in [6, 6.07) is 14.8. The van der Waals surface area contributed by atoms with Crippen molar-refractivity contribution in [1.82, 2.24) is 4.98 Å². The van der Waals surface area contributed by atoms with Gasteiger partial charge in [-0.05, 0) is 18.6 Å². The fourth-order valence-corrected chi connectivity index (χ4v) is 3.73. The zero-order valence-electron chi connectivity index (χ0n) is 16.8. The normalized spacial score (nSPS) is 11.0. The molecule has 0 aliphatic rings. The largest absolute Gasteiger partial charge is 0.462 e. The third kappa shape index (κ3) is 6.15. The molecule has 3 rings (SSSR count). The number of carbonyl (C=O) groups is 1. The lowest BCUT2D eigenvalue weighted by Gasteiger charge is -2.07. The Morgan fingerprint density at radius 2 is 1.97 bits per heavy atom. The predicted octanol–water partition coefficient (Wildman–Crippen LogP) is 6.65. The first-order chi connectivity index (χ1) is 14.7. The molecule has 7 heteroatoms. The number of nitrogens with zero attached hydrogens (tertiary/aromatic N) is 2. The van der Waals surface area contributed by atoms with Gasteiger partial charge in [0.05, 0.1) is 24.1 Å². The first-order valence-electron chi connectivity index (χ1n) is 9.94. The lowest BCUT2D eigenvalue weighted by molar-refractivity contribution is 0.0497. The number of ether oxygens (including phenoxy) is 1. The molecule has 0 fully saturated rings. The van der Waals surface area contributed by atoms with Crippen molar-refractivity contribution in [3.8, 4) is 11.3 Å². The van der Waals surface area contributed by atoms with Gasteiger partial charge in [0.1, 0.15) is 0 Å². The molecule has 2 aromatic carbocycles. The van der Waals surface area contributed by atoms with Crippen LogP contribution in [0.3, 0.4) is 0 Å². The number of thiazole rings is 1. The predicted molar refractivity (Wildman–Crippen MR) is 125 cm³/mol. The van der Waals surface area contributed by atoms with Crippen molar-refractivity contribution in [3.05, 3.63) is 70.1 Å². The third-order valence-electron chi connectivity index (χ3n) is 4.43. The SMILES string of the molecule is CCCCCCOC(=O)c1ccccc1/C=N/Nc1nc(-c2ccccc2Cl)cs1. The number of hydrogen-bond donors (Lipinski definition) is 1. The molecule has 0 amide bonds. The van der Waals surface area contributed by atoms with Crippen molar-refractivity contribution in [3.63, 3.8) is 0 Å². The van der Waals surface area contributed by atoms with Gasteiger partial charge in [0, 0.05) is 21.5 Å². The second kappa shape index (κ2) is 11.5. The number of esters is 1. The van der Waals surface area contributed by atoms with Gasteiger partial charge in [-0.25, -0.2) is 9.78 Å². The number of anilines is 1. The van der Waals surface area contributed by atoms with Crippen molar-refractivity contribution in [2.24, 2.45) is 5.10 Å². The summed E-state index contributed by atoms with van der Waals surface area (Å²) < 4.78 is 5.40. The number of benzene rings is 2. The number of halogens is 1. The van der Waals surface area contributed by atoms with E-state index in [-0.39, 0.29) is 5.97 Å². The first-order valence-corrected chi connectivity index (χ1v) is 11.2. The molecule has 0 bridgehead atoms. The molecule has 0 aliphatic heterocycles. The van der Waals surface area contributed by atoms with Crippen LogP contribution in [0.2, 0.25) is 5.02 Å². The van der Waals surface area contributed by atoms with Crippen LogP contribution in [-0.4, -0.2) is 23.8 Å². The molecular weight excluding hydrogens is 418 g/mol. The van der Waals surface area contributed by atoms with Gasteiger partial charge in [-0.2, -0.15) is 5.10 Å². The third-order valence-corrected chi connectivity index (χ3v) is 5.51. The fraction of sp³-hybridized carbons (Fsp3) is 0.261. The number of hydrazone groups is 1. The standard InChI is InChI=1S/C23H24ClN3O2S/c1-2-3-4-9-14-29-22(28)18-11-6-5-10-17(18)15-25-27-23-26-21(16-30-23)19-12-7-8-13-20(19)24/h5-8,10-13,15-16H,2-4,9,14H2,1H3,(H,26,27)/b25-15+. The molecule has 5 nitrogen and oxygen atoms in total. The topological polar surface area (TPSA) is 63.6 Å². The molecule has 0 aliphatic carbocycles. The van der Waals surface area contributed by atoms with Crippen LogP contribution in [-0.2, 0) is 4.74 Å². The average molecular weight is 442 g/mol. The number of unbranched alkanes of at least 4 members (excludes halogenated alkanes) is 3. The maximum atomic E-state index is 12.4. The van der Waals surface area contributed by atoms with E-state index in [0.29, 0.717) is 27.9 Å². The number of rotatable bonds is 10. The van der Waals surface area contributed by atoms with E-state index in [9.17, 15) is 4.79 Å². The second-order valence-corrected chi connectivity index (χ2v) is 7.94. The van der Waals surface area contributed by atoms with E-state index in [2.05, 4.69) is 22.4 Å². The van der Waals surface area contributed by atoms with E-state index in [4.69, 9.17) is 16.3 Å². The number of nitrogens with one attached hydrogen (secondary N) is 1. The van der Waals surface area contributed by atoms with Gasteiger partial charge in [-0.1, -0.05) is 74.2 Å². The Hall–Kier alpha value is -2.70. The molecule has 1 heterocycles. The summed E-state index contributed by atoms with van der Waals surface area (Å²) >= 11 is 7.66. The summed E-state index contributed by atoms with van der Waals surface area (Å²) in [6.45, 7) is 2.59. The van der Waals surface area contributed by atoms with Crippen LogP contribution in [0.5, 0.6) is 0 Å². The highest BCUT2D eigenvalue weighted by Gasteiger charge is 2.11. The Morgan fingerprint density at radius 1 is 1.17 bits per heavy atom. The van der Waals surface area contributed by atoms with E-state index in [0.717, 1.165) is 36.9 Å². The Kier molecular flexibility index (Phi) is 8.41. The molecule has 3 aromatic rings. The summed E-state index contributed by atoms with van der Waals surface area (Å²) in [5.74, 6) is -0.330. The van der Waals surface area contributed by atoms with Crippen LogP contribution < -0.4 is 5.43 Å². The Bertz CT molecular complexity index is 1000. The zero-order valence-corrected chi connectivity index (χ0v) is 18.4. The van der Waals surface area contributed by atoms with Crippen molar-refractivity contribution < 1.29 is 9.53 Å². The summed E-state index contributed by atoms with van der Waals surface area (Å²) in [5.41, 5.74) is 5.76. The minimum Gasteiger partial charge on any atom is -0.462 e. The average Bonchev–Trinajstić information content (AvgIpc) is 3.23. The quantitative estimate of drug-likeness (QED) is 0.165. The molecule has 0 spiro atoms. The molecule has 0 saturated heterocycles. The minimum atomic E-state index is -0.330. The van der Waals surface area contributed by atoms with Gasteiger partial charge in [0.25, 0.3) is 0 Å². The van der Waals surface area contributed by atoms with Crippen LogP contribution in [0.1, 0.15) is 48.5 Å². The van der Waals surface area contributed by atoms with E-state index < -0.39 is 0 Å². The van der Waals surface area contributed by atoms with Crippen LogP contribution in [0, 0.1) is 0 Å². The van der Waals surface area contributed by atoms with Gasteiger partial charge < -0.3 is 4.74 Å². The maximum absolute atomic E-state index is 12.4. The summed E-state index contributed by atoms with van der Waals surface area (Å²) in [6.07, 6.45) is 5.86. The second-order valence-electron chi connectivity index (χ2n) is 6.67. The van der Waals surface area contributed by atoms with E-state index >= 15 is 0 Å². The zero-order chi connectivity index (χ0) is 21.2. The van der Waals surface area contributed by atoms with Gasteiger partial charge in [0.15, 0.2) is 0 Å². The number of aromatic nitrogens is 1. The fourth-order valence-electron chi connectivity index (χ4n) is 2.84. The Balaban J connectivity index is 1.61. The molecule has 0 radical (unpaired) electrons. The van der Waals surface area contributed by atoms with Crippen molar-refractivity contribution >= 4 is 40.3 Å². The van der Waals surface area contributed by atoms with Crippen molar-refractivity contribution in [2.75, 3.05) is 12.0 Å². The highest BCUT2D eigenvalue weighted by molar-refractivity contribution is 7.14. The molecule has 0 saturated carbocycles. The van der Waals surface area contributed by atoms with Gasteiger partial charge >= 0.3 is 5.97 Å². The van der Waals surface area contributed by atoms with Crippen LogP contribution in [0.25, 0.3) is 11.3 Å². The van der Waals surface area contributed by atoms with Crippen molar-refractivity contribution in [1.29, 1.82) is 0 Å². The number of carbonyl (C=O) groups excluding carboxylic acids is 1. The van der Waals surface area contributed by atoms with Gasteiger partial charge in [-0.3, -0.25) is 5.43 Å². The molecule has 156 valence electrons. The molecular formula is C23H24ClN3O2S. The number of hydrogen-bond acceptors (Lipinski definition) is 6. The van der Waals surface area contributed by atoms with E-state index in [1.165, 1.54) is 11.3 Å². The Labute approximate surface area is 185 Å². The van der Waals surface area contributed by atoms with Gasteiger partial charge in [0.2, 0.25) is 5.13 Å². The monoisotopic (exact) mass is 441 g/mol. The van der Waals surface area contributed by atoms with Crippen LogP contribution in [0.15, 0.2) is 59.0 Å². The maximum Gasteiger partial charge on any atom is 0.338 e. The highest BCUT2D eigenvalue weighted by Crippen LogP contribution is 2.30.